The Morgan fingerprint density at radius 2 is 1.91 bits per heavy atom. The smallest absolute Gasteiger partial charge is 0.250 e. The summed E-state index contributed by atoms with van der Waals surface area (Å²) in [5.41, 5.74) is 2.62. The quantitative estimate of drug-likeness (QED) is 0.767. The Balaban J connectivity index is 2.09. The fourth-order valence-corrected chi connectivity index (χ4v) is 2.13. The van der Waals surface area contributed by atoms with Gasteiger partial charge < -0.3 is 20.5 Å². The van der Waals surface area contributed by atoms with Crippen molar-refractivity contribution in [3.05, 3.63) is 54.1 Å². The van der Waals surface area contributed by atoms with Gasteiger partial charge in [-0.3, -0.25) is 4.79 Å². The second-order valence-electron chi connectivity index (χ2n) is 4.93. The van der Waals surface area contributed by atoms with Crippen molar-refractivity contribution in [3.63, 3.8) is 0 Å². The molecule has 0 spiro atoms. The van der Waals surface area contributed by atoms with Gasteiger partial charge in [0.15, 0.2) is 0 Å². The summed E-state index contributed by atoms with van der Waals surface area (Å²) < 4.78 is 5.23. The van der Waals surface area contributed by atoms with E-state index in [1.54, 1.807) is 13.2 Å². The third-order valence-electron chi connectivity index (χ3n) is 3.27. The zero-order chi connectivity index (χ0) is 15.9. The Labute approximate surface area is 129 Å². The first kappa shape index (κ1) is 15.9. The standard InChI is InChI=1S/C17H20N2O3/c1-12(13-5-3-8-16(9-13)22-2)18-14-6-4-7-15(10-14)19-17(21)11-20/h3-10,12,18,20H,11H2,1-2H3,(H,19,21). The molecule has 0 aliphatic heterocycles. The van der Waals surface area contributed by atoms with Crippen LogP contribution in [0.15, 0.2) is 48.5 Å². The lowest BCUT2D eigenvalue weighted by Gasteiger charge is -2.17. The minimum atomic E-state index is -0.530. The van der Waals surface area contributed by atoms with E-state index in [9.17, 15) is 4.79 Å². The van der Waals surface area contributed by atoms with Crippen molar-refractivity contribution in [1.82, 2.24) is 0 Å². The zero-order valence-corrected chi connectivity index (χ0v) is 12.7. The number of hydrogen-bond acceptors (Lipinski definition) is 4. The van der Waals surface area contributed by atoms with Crippen molar-refractivity contribution >= 4 is 17.3 Å². The molecule has 2 rings (SSSR count). The van der Waals surface area contributed by atoms with Crippen molar-refractivity contribution in [3.8, 4) is 5.75 Å². The molecule has 0 heterocycles. The molecule has 0 aliphatic rings. The van der Waals surface area contributed by atoms with Crippen molar-refractivity contribution in [2.45, 2.75) is 13.0 Å². The molecule has 5 nitrogen and oxygen atoms in total. The average molecular weight is 300 g/mol. The second-order valence-corrected chi connectivity index (χ2v) is 4.93. The number of aliphatic hydroxyl groups is 1. The maximum atomic E-state index is 11.2. The lowest BCUT2D eigenvalue weighted by Crippen LogP contribution is -2.15. The van der Waals surface area contributed by atoms with Crippen molar-refractivity contribution in [2.75, 3.05) is 24.4 Å². The maximum absolute atomic E-state index is 11.2. The number of aliphatic hydroxyl groups excluding tert-OH is 1. The zero-order valence-electron chi connectivity index (χ0n) is 12.7. The van der Waals surface area contributed by atoms with Crippen LogP contribution in [0.1, 0.15) is 18.5 Å². The highest BCUT2D eigenvalue weighted by molar-refractivity contribution is 5.91. The van der Waals surface area contributed by atoms with Crippen LogP contribution in [0.4, 0.5) is 11.4 Å². The van der Waals surface area contributed by atoms with E-state index in [0.29, 0.717) is 5.69 Å². The van der Waals surface area contributed by atoms with Crippen LogP contribution in [-0.2, 0) is 4.79 Å². The molecular weight excluding hydrogens is 280 g/mol. The van der Waals surface area contributed by atoms with E-state index in [1.807, 2.05) is 49.4 Å². The van der Waals surface area contributed by atoms with Crippen LogP contribution in [0.3, 0.4) is 0 Å². The van der Waals surface area contributed by atoms with Gasteiger partial charge >= 0.3 is 0 Å². The number of anilines is 2. The molecule has 0 saturated carbocycles. The lowest BCUT2D eigenvalue weighted by molar-refractivity contribution is -0.118. The summed E-state index contributed by atoms with van der Waals surface area (Å²) in [5, 5.41) is 14.8. The van der Waals surface area contributed by atoms with Gasteiger partial charge in [0.1, 0.15) is 12.4 Å². The minimum Gasteiger partial charge on any atom is -0.497 e. The predicted octanol–water partition coefficient (Wildman–Crippen LogP) is 2.80. The molecule has 2 aromatic carbocycles. The Kier molecular flexibility index (Phi) is 5.38. The minimum absolute atomic E-state index is 0.0823. The first-order valence-electron chi connectivity index (χ1n) is 7.03. The summed E-state index contributed by atoms with van der Waals surface area (Å²) in [6, 6.07) is 15.3. The number of carbonyl (C=O) groups excluding carboxylic acids is 1. The molecule has 1 amide bonds. The first-order chi connectivity index (χ1) is 10.6. The van der Waals surface area contributed by atoms with Gasteiger partial charge in [0.05, 0.1) is 7.11 Å². The second kappa shape index (κ2) is 7.47. The third-order valence-corrected chi connectivity index (χ3v) is 3.27. The molecule has 22 heavy (non-hydrogen) atoms. The summed E-state index contributed by atoms with van der Waals surface area (Å²) in [4.78, 5) is 11.2. The molecule has 1 atom stereocenters. The predicted molar refractivity (Wildman–Crippen MR) is 87.2 cm³/mol. The largest absolute Gasteiger partial charge is 0.497 e. The number of ether oxygens (including phenoxy) is 1. The molecule has 0 radical (unpaired) electrons. The Bertz CT molecular complexity index is 643. The number of nitrogens with one attached hydrogen (secondary N) is 2. The number of benzene rings is 2. The van der Waals surface area contributed by atoms with Gasteiger partial charge in [0, 0.05) is 17.4 Å². The van der Waals surface area contributed by atoms with Crippen molar-refractivity contribution in [2.24, 2.45) is 0 Å². The molecule has 0 bridgehead atoms. The van der Waals surface area contributed by atoms with Gasteiger partial charge in [0.25, 0.3) is 0 Å². The highest BCUT2D eigenvalue weighted by Gasteiger charge is 2.07. The normalized spacial score (nSPS) is 11.6. The SMILES string of the molecule is COc1cccc(C(C)Nc2cccc(NC(=O)CO)c2)c1. The molecule has 3 N–H and O–H groups in total. The monoisotopic (exact) mass is 300 g/mol. The summed E-state index contributed by atoms with van der Waals surface area (Å²) in [6.45, 7) is 1.52. The summed E-state index contributed by atoms with van der Waals surface area (Å²) >= 11 is 0. The molecule has 116 valence electrons. The topological polar surface area (TPSA) is 70.6 Å². The molecule has 0 saturated heterocycles. The van der Waals surface area contributed by atoms with Crippen LogP contribution in [0.5, 0.6) is 5.75 Å². The van der Waals surface area contributed by atoms with Gasteiger partial charge in [-0.2, -0.15) is 0 Å². The van der Waals surface area contributed by atoms with Crippen molar-refractivity contribution in [1.29, 1.82) is 0 Å². The summed E-state index contributed by atoms with van der Waals surface area (Å²) in [5.74, 6) is 0.383. The number of amides is 1. The number of rotatable bonds is 6. The van der Waals surface area contributed by atoms with Crippen LogP contribution in [0.2, 0.25) is 0 Å². The molecular formula is C17H20N2O3. The summed E-state index contributed by atoms with van der Waals surface area (Å²) in [7, 11) is 1.64. The van der Waals surface area contributed by atoms with Crippen LogP contribution in [0, 0.1) is 0 Å². The fourth-order valence-electron chi connectivity index (χ4n) is 2.13. The Morgan fingerprint density at radius 1 is 1.18 bits per heavy atom. The highest BCUT2D eigenvalue weighted by Crippen LogP contribution is 2.24. The highest BCUT2D eigenvalue weighted by atomic mass is 16.5. The number of methoxy groups -OCH3 is 1. The number of hydrogen-bond donors (Lipinski definition) is 3. The van der Waals surface area contributed by atoms with Crippen LogP contribution in [0.25, 0.3) is 0 Å². The van der Waals surface area contributed by atoms with Crippen LogP contribution >= 0.6 is 0 Å². The molecule has 0 aromatic heterocycles. The van der Waals surface area contributed by atoms with Gasteiger partial charge in [-0.05, 0) is 42.8 Å². The summed E-state index contributed by atoms with van der Waals surface area (Å²) in [6.07, 6.45) is 0. The maximum Gasteiger partial charge on any atom is 0.250 e. The fraction of sp³-hybridized carbons (Fsp3) is 0.235. The lowest BCUT2D eigenvalue weighted by atomic mass is 10.1. The van der Waals surface area contributed by atoms with E-state index in [-0.39, 0.29) is 6.04 Å². The Hall–Kier alpha value is -2.53. The van der Waals surface area contributed by atoms with E-state index < -0.39 is 12.5 Å². The van der Waals surface area contributed by atoms with E-state index in [2.05, 4.69) is 10.6 Å². The van der Waals surface area contributed by atoms with Crippen LogP contribution < -0.4 is 15.4 Å². The first-order valence-corrected chi connectivity index (χ1v) is 7.03. The van der Waals surface area contributed by atoms with E-state index in [1.165, 1.54) is 0 Å². The molecule has 2 aromatic rings. The van der Waals surface area contributed by atoms with Crippen LogP contribution in [-0.4, -0.2) is 24.7 Å². The van der Waals surface area contributed by atoms with Gasteiger partial charge in [0.2, 0.25) is 5.91 Å². The van der Waals surface area contributed by atoms with Gasteiger partial charge in [-0.15, -0.1) is 0 Å². The molecule has 0 fully saturated rings. The molecule has 1 unspecified atom stereocenters. The number of carbonyl (C=O) groups is 1. The third kappa shape index (κ3) is 4.23. The molecule has 5 heteroatoms. The van der Waals surface area contributed by atoms with Gasteiger partial charge in [-0.1, -0.05) is 18.2 Å². The van der Waals surface area contributed by atoms with Gasteiger partial charge in [-0.25, -0.2) is 0 Å². The van der Waals surface area contributed by atoms with Crippen molar-refractivity contribution < 1.29 is 14.6 Å². The average Bonchev–Trinajstić information content (AvgIpc) is 2.55. The van der Waals surface area contributed by atoms with E-state index >= 15 is 0 Å². The molecule has 0 aliphatic carbocycles. The van der Waals surface area contributed by atoms with E-state index in [4.69, 9.17) is 9.84 Å². The Morgan fingerprint density at radius 3 is 2.64 bits per heavy atom. The van der Waals surface area contributed by atoms with E-state index in [0.717, 1.165) is 17.0 Å².